The zero-order valence-electron chi connectivity index (χ0n) is 27.6. The maximum absolute atomic E-state index is 14.4. The largest absolute Gasteiger partial charge is 0.332 e. The first kappa shape index (κ1) is 31.1. The Morgan fingerprint density at radius 3 is 1.95 bits per heavy atom. The summed E-state index contributed by atoms with van der Waals surface area (Å²) in [6.07, 6.45) is 12.3. The van der Waals surface area contributed by atoms with E-state index in [1.54, 1.807) is 4.90 Å². The zero-order valence-corrected chi connectivity index (χ0v) is 27.6. The molecule has 43 heavy (non-hydrogen) atoms. The third-order valence-corrected chi connectivity index (χ3v) is 13.3. The number of amides is 1. The van der Waals surface area contributed by atoms with Gasteiger partial charge >= 0.3 is 0 Å². The molecule has 4 bridgehead atoms. The second-order valence-corrected chi connectivity index (χ2v) is 18.0. The highest BCUT2D eigenvalue weighted by Crippen LogP contribution is 2.66. The lowest BCUT2D eigenvalue weighted by Crippen LogP contribution is -2.51. The van der Waals surface area contributed by atoms with E-state index in [9.17, 15) is 24.0 Å². The number of carbonyl (C=O) groups excluding carboxylic acids is 5. The molecule has 5 atom stereocenters. The van der Waals surface area contributed by atoms with E-state index < -0.39 is 34.9 Å². The molecule has 7 fully saturated rings. The Kier molecular flexibility index (Phi) is 7.89. The third kappa shape index (κ3) is 5.83. The molecule has 3 unspecified atom stereocenters. The van der Waals surface area contributed by atoms with Crippen LogP contribution in [0.5, 0.6) is 0 Å². The van der Waals surface area contributed by atoms with Crippen molar-refractivity contribution in [3.05, 3.63) is 0 Å². The lowest BCUT2D eigenvalue weighted by atomic mass is 9.48. The summed E-state index contributed by atoms with van der Waals surface area (Å²) in [5, 5.41) is 0. The van der Waals surface area contributed by atoms with Gasteiger partial charge in [-0.1, -0.05) is 53.9 Å². The standard InChI is InChI=1S/C37H55NO5/c1-21(39)33(42)26(13-22-8-7-9-22)14-30(41)32-31-29(36(31,5)6)20-38(32)34(43)28(35(2,3)4)15-27(40)19-37-16-23-10-24(17-37)12-25(11-23)18-37/h22-26,28-29,31-32H,7-20H2,1-6H3/t23?,24?,25?,26?,28-,29?,31?,32-,37?/m1/s1. The van der Waals surface area contributed by atoms with Gasteiger partial charge in [-0.2, -0.15) is 0 Å². The van der Waals surface area contributed by atoms with Crippen LogP contribution in [0.15, 0.2) is 0 Å². The molecule has 1 amide bonds. The Bertz CT molecular complexity index is 1150. The Morgan fingerprint density at radius 1 is 0.884 bits per heavy atom. The van der Waals surface area contributed by atoms with E-state index in [2.05, 4.69) is 13.8 Å². The summed E-state index contributed by atoms with van der Waals surface area (Å²) in [6.45, 7) is 12.3. The first-order valence-corrected chi connectivity index (χ1v) is 17.5. The van der Waals surface area contributed by atoms with Crippen LogP contribution in [0, 0.1) is 63.6 Å². The average molecular weight is 594 g/mol. The summed E-state index contributed by atoms with van der Waals surface area (Å²) in [5.41, 5.74) is -0.300. The topological polar surface area (TPSA) is 88.6 Å². The molecule has 7 aliphatic rings. The number of rotatable bonds is 12. The van der Waals surface area contributed by atoms with Crippen molar-refractivity contribution in [3.8, 4) is 0 Å². The lowest BCUT2D eigenvalue weighted by molar-refractivity contribution is -0.149. The minimum Gasteiger partial charge on any atom is -0.332 e. The number of fused-ring (bicyclic) bond motifs is 1. The Morgan fingerprint density at radius 2 is 1.47 bits per heavy atom. The molecule has 6 saturated carbocycles. The SMILES string of the molecule is CC(=O)C(=O)C(CC(=O)[C@@H]1C2C(CN1C(=O)[C@@H](CC(=O)CC13CC4CC(CC(C4)C1)C3)C(C)(C)C)C2(C)C)CC1CCC1. The highest BCUT2D eigenvalue weighted by molar-refractivity contribution is 6.37. The predicted octanol–water partition coefficient (Wildman–Crippen LogP) is 6.62. The number of carbonyl (C=O) groups is 5. The molecule has 0 aromatic rings. The third-order valence-electron chi connectivity index (χ3n) is 13.3. The second-order valence-electron chi connectivity index (χ2n) is 18.0. The van der Waals surface area contributed by atoms with Gasteiger partial charge in [0.2, 0.25) is 11.7 Å². The highest BCUT2D eigenvalue weighted by atomic mass is 16.2. The summed E-state index contributed by atoms with van der Waals surface area (Å²) in [7, 11) is 0. The first-order valence-electron chi connectivity index (χ1n) is 17.5. The number of piperidine rings is 1. The molecular weight excluding hydrogens is 538 g/mol. The van der Waals surface area contributed by atoms with E-state index in [0.717, 1.165) is 37.0 Å². The van der Waals surface area contributed by atoms with Crippen molar-refractivity contribution in [2.24, 2.45) is 63.6 Å². The van der Waals surface area contributed by atoms with Crippen molar-refractivity contribution in [1.29, 1.82) is 0 Å². The molecule has 1 saturated heterocycles. The van der Waals surface area contributed by atoms with Crippen LogP contribution >= 0.6 is 0 Å². The zero-order chi connectivity index (χ0) is 31.1. The summed E-state index contributed by atoms with van der Waals surface area (Å²) in [5.74, 6) is 1.18. The monoisotopic (exact) mass is 593 g/mol. The minimum atomic E-state index is -0.589. The number of hydrogen-bond donors (Lipinski definition) is 0. The molecule has 1 heterocycles. The van der Waals surface area contributed by atoms with Gasteiger partial charge in [0.1, 0.15) is 5.78 Å². The molecule has 7 rings (SSSR count). The summed E-state index contributed by atoms with van der Waals surface area (Å²) < 4.78 is 0. The van der Waals surface area contributed by atoms with Crippen LogP contribution in [0.1, 0.15) is 125 Å². The van der Waals surface area contributed by atoms with Gasteiger partial charge in [-0.15, -0.1) is 0 Å². The fourth-order valence-electron chi connectivity index (χ4n) is 11.1. The van der Waals surface area contributed by atoms with Gasteiger partial charge in [0.05, 0.1) is 6.04 Å². The Labute approximate surface area is 258 Å². The van der Waals surface area contributed by atoms with E-state index in [-0.39, 0.29) is 53.0 Å². The first-order chi connectivity index (χ1) is 20.1. The Balaban J connectivity index is 1.18. The van der Waals surface area contributed by atoms with Crippen molar-refractivity contribution < 1.29 is 24.0 Å². The van der Waals surface area contributed by atoms with Gasteiger partial charge in [0.25, 0.3) is 0 Å². The van der Waals surface area contributed by atoms with Crippen LogP contribution in [-0.4, -0.2) is 46.5 Å². The lowest BCUT2D eigenvalue weighted by Gasteiger charge is -2.56. The summed E-state index contributed by atoms with van der Waals surface area (Å²) >= 11 is 0. The smallest absolute Gasteiger partial charge is 0.227 e. The van der Waals surface area contributed by atoms with Crippen LogP contribution in [-0.2, 0) is 24.0 Å². The number of likely N-dealkylation sites (tertiary alicyclic amines) is 1. The van der Waals surface area contributed by atoms with Gasteiger partial charge in [-0.3, -0.25) is 24.0 Å². The number of Topliss-reactive ketones (excluding diaryl/α,β-unsaturated/α-hetero) is 4. The highest BCUT2D eigenvalue weighted by Gasteiger charge is 2.69. The van der Waals surface area contributed by atoms with Crippen molar-refractivity contribution in [3.63, 3.8) is 0 Å². The fraction of sp³-hybridized carbons (Fsp3) is 0.865. The van der Waals surface area contributed by atoms with E-state index in [4.69, 9.17) is 0 Å². The van der Waals surface area contributed by atoms with Gasteiger partial charge in [-0.25, -0.2) is 0 Å². The van der Waals surface area contributed by atoms with Gasteiger partial charge in [-0.05, 0) is 96.7 Å². The predicted molar refractivity (Wildman–Crippen MR) is 165 cm³/mol. The molecule has 0 radical (unpaired) electrons. The van der Waals surface area contributed by atoms with Gasteiger partial charge in [0, 0.05) is 44.6 Å². The van der Waals surface area contributed by atoms with Crippen molar-refractivity contribution in [1.82, 2.24) is 4.90 Å². The van der Waals surface area contributed by atoms with Crippen molar-refractivity contribution in [2.75, 3.05) is 6.54 Å². The average Bonchev–Trinajstić information content (AvgIpc) is 3.18. The maximum atomic E-state index is 14.4. The van der Waals surface area contributed by atoms with Crippen LogP contribution in [0.3, 0.4) is 0 Å². The van der Waals surface area contributed by atoms with Crippen LogP contribution < -0.4 is 0 Å². The molecular formula is C37H55NO5. The van der Waals surface area contributed by atoms with E-state index in [1.807, 2.05) is 20.8 Å². The molecule has 6 nitrogen and oxygen atoms in total. The van der Waals surface area contributed by atoms with E-state index in [0.29, 0.717) is 25.3 Å². The van der Waals surface area contributed by atoms with Crippen molar-refractivity contribution in [2.45, 2.75) is 131 Å². The molecule has 0 aromatic heterocycles. The second kappa shape index (κ2) is 10.9. The molecule has 6 heteroatoms. The van der Waals surface area contributed by atoms with E-state index >= 15 is 0 Å². The van der Waals surface area contributed by atoms with Gasteiger partial charge in [0.15, 0.2) is 11.6 Å². The summed E-state index contributed by atoms with van der Waals surface area (Å²) in [6, 6.07) is -0.570. The minimum absolute atomic E-state index is 0.0310. The molecule has 1 aliphatic heterocycles. The van der Waals surface area contributed by atoms with Crippen molar-refractivity contribution >= 4 is 29.0 Å². The molecule has 0 spiro atoms. The molecule has 6 aliphatic carbocycles. The number of nitrogens with zero attached hydrogens (tertiary/aromatic N) is 1. The normalized spacial score (nSPS) is 36.9. The van der Waals surface area contributed by atoms with Crippen LogP contribution in [0.25, 0.3) is 0 Å². The Hall–Kier alpha value is -1.85. The molecule has 0 aromatic carbocycles. The van der Waals surface area contributed by atoms with E-state index in [1.165, 1.54) is 45.4 Å². The molecule has 0 N–H and O–H groups in total. The summed E-state index contributed by atoms with van der Waals surface area (Å²) in [4.78, 5) is 69.2. The van der Waals surface area contributed by atoms with Crippen LogP contribution in [0.2, 0.25) is 0 Å². The van der Waals surface area contributed by atoms with Crippen LogP contribution in [0.4, 0.5) is 0 Å². The number of hydrogen-bond acceptors (Lipinski definition) is 5. The maximum Gasteiger partial charge on any atom is 0.227 e. The number of ketones is 4. The van der Waals surface area contributed by atoms with Gasteiger partial charge < -0.3 is 4.90 Å². The molecule has 238 valence electrons. The quantitative estimate of drug-likeness (QED) is 0.237. The fourth-order valence-corrected chi connectivity index (χ4v) is 11.1.